The molecule has 3 nitrogen and oxygen atoms in total. The first-order valence-corrected chi connectivity index (χ1v) is 11.5. The van der Waals surface area contributed by atoms with Gasteiger partial charge in [0.25, 0.3) is 0 Å². The van der Waals surface area contributed by atoms with Crippen LogP contribution >= 0.6 is 12.4 Å². The lowest BCUT2D eigenvalue weighted by atomic mass is 9.72. The maximum Gasteiger partial charge on any atom is 0.318 e. The number of rotatable bonds is 9. The van der Waals surface area contributed by atoms with Crippen molar-refractivity contribution in [2.75, 3.05) is 20.6 Å². The van der Waals surface area contributed by atoms with Crippen LogP contribution in [0, 0.1) is 5.92 Å². The number of halogens is 1. The summed E-state index contributed by atoms with van der Waals surface area (Å²) in [6.07, 6.45) is 7.66. The van der Waals surface area contributed by atoms with Gasteiger partial charge in [-0.1, -0.05) is 80.4 Å². The van der Waals surface area contributed by atoms with E-state index in [1.54, 1.807) is 0 Å². The molecule has 170 valence electrons. The quantitative estimate of drug-likeness (QED) is 0.416. The zero-order valence-corrected chi connectivity index (χ0v) is 20.1. The van der Waals surface area contributed by atoms with Crippen LogP contribution in [-0.2, 0) is 9.53 Å². The standard InChI is InChI=1S/C27H37NO2.ClH/c1-4-5-19-27(20-13-12-18-24(27)21-28(2)3)30-26(29)25(22-14-8-6-9-15-22)23-16-10-7-11-17-23;/h6-11,14-17,24-25H,4-5,12-13,18-21H2,1-3H3;1H. The van der Waals surface area contributed by atoms with Gasteiger partial charge < -0.3 is 9.64 Å². The van der Waals surface area contributed by atoms with Gasteiger partial charge >= 0.3 is 5.97 Å². The predicted molar refractivity (Wildman–Crippen MR) is 131 cm³/mol. The summed E-state index contributed by atoms with van der Waals surface area (Å²) in [7, 11) is 4.25. The largest absolute Gasteiger partial charge is 0.458 e. The van der Waals surface area contributed by atoms with Crippen molar-refractivity contribution in [3.05, 3.63) is 71.8 Å². The first-order chi connectivity index (χ1) is 14.6. The molecule has 0 aliphatic heterocycles. The Morgan fingerprint density at radius 3 is 2.13 bits per heavy atom. The molecule has 4 heteroatoms. The van der Waals surface area contributed by atoms with E-state index in [9.17, 15) is 4.79 Å². The molecule has 0 heterocycles. The molecule has 31 heavy (non-hydrogen) atoms. The van der Waals surface area contributed by atoms with Gasteiger partial charge in [-0.25, -0.2) is 0 Å². The van der Waals surface area contributed by atoms with Gasteiger partial charge in [0.15, 0.2) is 0 Å². The Balaban J connectivity index is 0.00000341. The summed E-state index contributed by atoms with van der Waals surface area (Å²) in [6, 6.07) is 20.1. The number of carbonyl (C=O) groups excluding carboxylic acids is 1. The van der Waals surface area contributed by atoms with E-state index in [-0.39, 0.29) is 29.9 Å². The van der Waals surface area contributed by atoms with Crippen LogP contribution in [0.25, 0.3) is 0 Å². The average Bonchev–Trinajstić information content (AvgIpc) is 2.75. The Morgan fingerprint density at radius 1 is 1.03 bits per heavy atom. The van der Waals surface area contributed by atoms with E-state index >= 15 is 0 Å². The molecular formula is C27H38ClNO2. The minimum Gasteiger partial charge on any atom is -0.458 e. The van der Waals surface area contributed by atoms with E-state index in [1.807, 2.05) is 60.7 Å². The van der Waals surface area contributed by atoms with Crippen molar-refractivity contribution in [2.24, 2.45) is 5.92 Å². The molecule has 0 aromatic heterocycles. The smallest absolute Gasteiger partial charge is 0.318 e. The summed E-state index contributed by atoms with van der Waals surface area (Å²) >= 11 is 0. The van der Waals surface area contributed by atoms with Crippen molar-refractivity contribution in [1.82, 2.24) is 4.90 Å². The van der Waals surface area contributed by atoms with Gasteiger partial charge in [-0.2, -0.15) is 0 Å². The number of hydrogen-bond donors (Lipinski definition) is 0. The summed E-state index contributed by atoms with van der Waals surface area (Å²) in [5.74, 6) is -0.0917. The molecule has 2 unspecified atom stereocenters. The summed E-state index contributed by atoms with van der Waals surface area (Å²) in [6.45, 7) is 3.19. The van der Waals surface area contributed by atoms with Crippen LogP contribution in [0.15, 0.2) is 60.7 Å². The van der Waals surface area contributed by atoms with E-state index in [1.165, 1.54) is 6.42 Å². The topological polar surface area (TPSA) is 29.5 Å². The number of ether oxygens (including phenoxy) is 1. The molecule has 0 amide bonds. The molecule has 1 aliphatic carbocycles. The highest BCUT2D eigenvalue weighted by Crippen LogP contribution is 2.42. The van der Waals surface area contributed by atoms with Gasteiger partial charge in [0.1, 0.15) is 11.5 Å². The Labute approximate surface area is 194 Å². The number of esters is 1. The summed E-state index contributed by atoms with van der Waals surface area (Å²) in [4.78, 5) is 16.0. The second-order valence-electron chi connectivity index (χ2n) is 9.05. The van der Waals surface area contributed by atoms with Gasteiger partial charge in [0.05, 0.1) is 0 Å². The summed E-state index contributed by atoms with van der Waals surface area (Å²) < 4.78 is 6.60. The van der Waals surface area contributed by atoms with Crippen LogP contribution in [0.5, 0.6) is 0 Å². The van der Waals surface area contributed by atoms with Crippen molar-refractivity contribution >= 4 is 18.4 Å². The van der Waals surface area contributed by atoms with E-state index in [0.29, 0.717) is 5.92 Å². The molecule has 2 atom stereocenters. The van der Waals surface area contributed by atoms with Crippen LogP contribution in [0.1, 0.15) is 68.9 Å². The second-order valence-corrected chi connectivity index (χ2v) is 9.05. The molecule has 3 rings (SSSR count). The van der Waals surface area contributed by atoms with Crippen molar-refractivity contribution in [1.29, 1.82) is 0 Å². The Kier molecular flexibility index (Phi) is 10.1. The summed E-state index contributed by atoms with van der Waals surface area (Å²) in [5, 5.41) is 0. The molecule has 2 aromatic rings. The average molecular weight is 444 g/mol. The first kappa shape index (κ1) is 25.4. The molecule has 1 aliphatic rings. The first-order valence-electron chi connectivity index (χ1n) is 11.5. The highest BCUT2D eigenvalue weighted by molar-refractivity contribution is 5.85. The maximum absolute atomic E-state index is 13.8. The fourth-order valence-corrected chi connectivity index (χ4v) is 4.99. The van der Waals surface area contributed by atoms with Gasteiger partial charge in [-0.15, -0.1) is 12.4 Å². The monoisotopic (exact) mass is 443 g/mol. The lowest BCUT2D eigenvalue weighted by molar-refractivity contribution is -0.174. The predicted octanol–water partition coefficient (Wildman–Crippen LogP) is 6.46. The third kappa shape index (κ3) is 6.57. The van der Waals surface area contributed by atoms with Gasteiger partial charge in [-0.05, 0) is 57.3 Å². The molecule has 2 aromatic carbocycles. The second kappa shape index (κ2) is 12.3. The van der Waals surface area contributed by atoms with Crippen LogP contribution < -0.4 is 0 Å². The van der Waals surface area contributed by atoms with Crippen LogP contribution in [-0.4, -0.2) is 37.1 Å². The van der Waals surface area contributed by atoms with Crippen molar-refractivity contribution in [2.45, 2.75) is 63.4 Å². The molecule has 0 radical (unpaired) electrons. The van der Waals surface area contributed by atoms with E-state index < -0.39 is 0 Å². The third-order valence-corrected chi connectivity index (χ3v) is 6.49. The third-order valence-electron chi connectivity index (χ3n) is 6.49. The number of nitrogens with zero attached hydrogens (tertiary/aromatic N) is 1. The molecule has 0 spiro atoms. The van der Waals surface area contributed by atoms with Crippen molar-refractivity contribution in [3.63, 3.8) is 0 Å². The zero-order chi connectivity index (χ0) is 21.4. The van der Waals surface area contributed by atoms with E-state index in [0.717, 1.165) is 56.2 Å². The number of carbonyl (C=O) groups is 1. The SMILES string of the molecule is CCCCC1(OC(=O)C(c2ccccc2)c2ccccc2)CCCCC1CN(C)C.Cl. The van der Waals surface area contributed by atoms with Crippen molar-refractivity contribution in [3.8, 4) is 0 Å². The number of hydrogen-bond acceptors (Lipinski definition) is 3. The lowest BCUT2D eigenvalue weighted by Crippen LogP contribution is -2.49. The highest BCUT2D eigenvalue weighted by atomic mass is 35.5. The molecular weight excluding hydrogens is 406 g/mol. The number of benzene rings is 2. The van der Waals surface area contributed by atoms with Crippen LogP contribution in [0.2, 0.25) is 0 Å². The molecule has 1 fully saturated rings. The van der Waals surface area contributed by atoms with E-state index in [2.05, 4.69) is 25.9 Å². The van der Waals surface area contributed by atoms with E-state index in [4.69, 9.17) is 4.74 Å². The Bertz CT molecular complexity index is 741. The normalized spacial score (nSPS) is 21.0. The molecule has 1 saturated carbocycles. The highest BCUT2D eigenvalue weighted by Gasteiger charge is 2.45. The van der Waals surface area contributed by atoms with Crippen LogP contribution in [0.3, 0.4) is 0 Å². The van der Waals surface area contributed by atoms with Crippen molar-refractivity contribution < 1.29 is 9.53 Å². The van der Waals surface area contributed by atoms with Gasteiger partial charge in [0, 0.05) is 12.5 Å². The molecule has 0 saturated heterocycles. The van der Waals surface area contributed by atoms with Crippen LogP contribution in [0.4, 0.5) is 0 Å². The van der Waals surface area contributed by atoms with Gasteiger partial charge in [-0.3, -0.25) is 4.79 Å². The Morgan fingerprint density at radius 2 is 1.61 bits per heavy atom. The molecule has 0 bridgehead atoms. The maximum atomic E-state index is 13.8. The van der Waals surface area contributed by atoms with Gasteiger partial charge in [0.2, 0.25) is 0 Å². The fraction of sp³-hybridized carbons (Fsp3) is 0.519. The Hall–Kier alpha value is -1.84. The molecule has 0 N–H and O–H groups in total. The fourth-order valence-electron chi connectivity index (χ4n) is 4.99. The zero-order valence-electron chi connectivity index (χ0n) is 19.3. The lowest BCUT2D eigenvalue weighted by Gasteiger charge is -2.45. The minimum atomic E-state index is -0.382. The minimum absolute atomic E-state index is 0. The number of unbranched alkanes of at least 4 members (excludes halogenated alkanes) is 1. The summed E-state index contributed by atoms with van der Waals surface area (Å²) in [5.41, 5.74) is 1.65.